The molecule has 0 amide bonds. The predicted octanol–water partition coefficient (Wildman–Crippen LogP) is 3.25. The number of methoxy groups -OCH3 is 3. The molecule has 0 heterocycles. The third-order valence-corrected chi connectivity index (χ3v) is 3.00. The average molecular weight is 266 g/mol. The van der Waals surface area contributed by atoms with Gasteiger partial charge in [-0.3, -0.25) is 4.79 Å². The van der Waals surface area contributed by atoms with E-state index in [-0.39, 0.29) is 5.78 Å². The van der Waals surface area contributed by atoms with Gasteiger partial charge in [-0.15, -0.1) is 0 Å². The van der Waals surface area contributed by atoms with Gasteiger partial charge in [0.15, 0.2) is 5.78 Å². The average Bonchev–Trinajstić information content (AvgIpc) is 2.36. The van der Waals surface area contributed by atoms with Gasteiger partial charge in [0.1, 0.15) is 22.8 Å². The predicted molar refractivity (Wildman–Crippen MR) is 74.6 cm³/mol. The van der Waals surface area contributed by atoms with Crippen molar-refractivity contribution in [2.75, 3.05) is 21.3 Å². The summed E-state index contributed by atoms with van der Waals surface area (Å²) in [4.78, 5) is 12.6. The molecule has 1 rings (SSSR count). The quantitative estimate of drug-likeness (QED) is 0.785. The monoisotopic (exact) mass is 266 g/mol. The van der Waals surface area contributed by atoms with E-state index in [9.17, 15) is 4.79 Å². The molecule has 0 radical (unpaired) electrons. The molecule has 0 aliphatic carbocycles. The number of rotatable bonds is 4. The number of carbonyl (C=O) groups excluding carboxylic acids is 1. The van der Waals surface area contributed by atoms with E-state index in [4.69, 9.17) is 14.2 Å². The molecule has 4 heteroatoms. The molecule has 4 nitrogen and oxygen atoms in total. The Labute approximate surface area is 114 Å². The highest BCUT2D eigenvalue weighted by molar-refractivity contribution is 6.05. The molecule has 1 aromatic rings. The van der Waals surface area contributed by atoms with E-state index in [1.54, 1.807) is 20.3 Å². The maximum absolute atomic E-state index is 12.6. The molecule has 0 aliphatic rings. The molecule has 0 fully saturated rings. The third-order valence-electron chi connectivity index (χ3n) is 3.00. The molecule has 0 aromatic heterocycles. The summed E-state index contributed by atoms with van der Waals surface area (Å²) in [6.07, 6.45) is 0. The van der Waals surface area contributed by atoms with Gasteiger partial charge in [-0.05, 0) is 6.92 Å². The first kappa shape index (κ1) is 15.3. The Hall–Kier alpha value is -1.71. The molecule has 0 aliphatic heterocycles. The topological polar surface area (TPSA) is 44.8 Å². The standard InChI is InChI=1S/C15H22O4/c1-9-10(17-5)8-11(18-6)12(13(9)19-7)14(16)15(2,3)4/h8H,1-7H3. The largest absolute Gasteiger partial charge is 0.496 e. The van der Waals surface area contributed by atoms with Crippen LogP contribution in [0, 0.1) is 12.3 Å². The molecular formula is C15H22O4. The zero-order valence-corrected chi connectivity index (χ0v) is 12.7. The van der Waals surface area contributed by atoms with E-state index in [2.05, 4.69) is 0 Å². The highest BCUT2D eigenvalue weighted by atomic mass is 16.5. The SMILES string of the molecule is COc1cc(OC)c(C(=O)C(C)(C)C)c(OC)c1C. The lowest BCUT2D eigenvalue weighted by atomic mass is 9.85. The lowest BCUT2D eigenvalue weighted by Crippen LogP contribution is -2.22. The Morgan fingerprint density at radius 2 is 1.53 bits per heavy atom. The van der Waals surface area contributed by atoms with Crippen LogP contribution in [0.2, 0.25) is 0 Å². The third kappa shape index (κ3) is 2.83. The van der Waals surface area contributed by atoms with Crippen LogP contribution in [-0.4, -0.2) is 27.1 Å². The summed E-state index contributed by atoms with van der Waals surface area (Å²) in [5.41, 5.74) is 0.746. The molecule has 1 aromatic carbocycles. The molecule has 0 atom stereocenters. The van der Waals surface area contributed by atoms with Gasteiger partial charge in [0.25, 0.3) is 0 Å². The summed E-state index contributed by atoms with van der Waals surface area (Å²) in [6, 6.07) is 1.72. The van der Waals surface area contributed by atoms with Gasteiger partial charge in [0, 0.05) is 17.0 Å². The van der Waals surface area contributed by atoms with Gasteiger partial charge in [-0.1, -0.05) is 20.8 Å². The fourth-order valence-electron chi connectivity index (χ4n) is 1.93. The van der Waals surface area contributed by atoms with E-state index in [0.717, 1.165) is 5.56 Å². The summed E-state index contributed by atoms with van der Waals surface area (Å²) >= 11 is 0. The van der Waals surface area contributed by atoms with Crippen molar-refractivity contribution in [3.05, 3.63) is 17.2 Å². The molecule has 19 heavy (non-hydrogen) atoms. The maximum Gasteiger partial charge on any atom is 0.175 e. The molecule has 0 unspecified atom stereocenters. The molecule has 106 valence electrons. The van der Waals surface area contributed by atoms with Crippen LogP contribution in [0.1, 0.15) is 36.7 Å². The number of ketones is 1. The maximum atomic E-state index is 12.6. The highest BCUT2D eigenvalue weighted by Crippen LogP contribution is 2.41. The molecular weight excluding hydrogens is 244 g/mol. The number of hydrogen-bond acceptors (Lipinski definition) is 4. The van der Waals surface area contributed by atoms with Gasteiger partial charge in [0.2, 0.25) is 0 Å². The van der Waals surface area contributed by atoms with E-state index in [1.807, 2.05) is 27.7 Å². The van der Waals surface area contributed by atoms with Gasteiger partial charge >= 0.3 is 0 Å². The Balaban J connectivity index is 3.61. The van der Waals surface area contributed by atoms with Crippen LogP contribution in [0.3, 0.4) is 0 Å². The van der Waals surface area contributed by atoms with Crippen molar-refractivity contribution in [2.45, 2.75) is 27.7 Å². The highest BCUT2D eigenvalue weighted by Gasteiger charge is 2.31. The smallest absolute Gasteiger partial charge is 0.175 e. The summed E-state index contributed by atoms with van der Waals surface area (Å²) in [6.45, 7) is 7.46. The van der Waals surface area contributed by atoms with Crippen molar-refractivity contribution >= 4 is 5.78 Å². The molecule has 0 N–H and O–H groups in total. The summed E-state index contributed by atoms with van der Waals surface area (Å²) in [7, 11) is 4.65. The van der Waals surface area contributed by atoms with Crippen molar-refractivity contribution in [1.29, 1.82) is 0 Å². The fraction of sp³-hybridized carbons (Fsp3) is 0.533. The summed E-state index contributed by atoms with van der Waals surface area (Å²) in [5, 5.41) is 0. The zero-order chi connectivity index (χ0) is 14.8. The lowest BCUT2D eigenvalue weighted by Gasteiger charge is -2.22. The molecule has 0 saturated carbocycles. The van der Waals surface area contributed by atoms with Crippen LogP contribution in [0.4, 0.5) is 0 Å². The van der Waals surface area contributed by atoms with E-state index >= 15 is 0 Å². The van der Waals surface area contributed by atoms with Crippen LogP contribution in [-0.2, 0) is 0 Å². The van der Waals surface area contributed by atoms with Crippen LogP contribution >= 0.6 is 0 Å². The Morgan fingerprint density at radius 1 is 1.00 bits per heavy atom. The van der Waals surface area contributed by atoms with Crippen molar-refractivity contribution < 1.29 is 19.0 Å². The van der Waals surface area contributed by atoms with Crippen LogP contribution in [0.5, 0.6) is 17.2 Å². The van der Waals surface area contributed by atoms with Crippen LogP contribution in [0.25, 0.3) is 0 Å². The summed E-state index contributed by atoms with van der Waals surface area (Å²) in [5.74, 6) is 1.60. The number of benzene rings is 1. The second kappa shape index (κ2) is 5.51. The van der Waals surface area contributed by atoms with Crippen molar-refractivity contribution in [3.63, 3.8) is 0 Å². The molecule has 0 spiro atoms. The Bertz CT molecular complexity index is 484. The van der Waals surface area contributed by atoms with Crippen LogP contribution in [0.15, 0.2) is 6.07 Å². The minimum Gasteiger partial charge on any atom is -0.496 e. The fourth-order valence-corrected chi connectivity index (χ4v) is 1.93. The van der Waals surface area contributed by atoms with Crippen molar-refractivity contribution in [1.82, 2.24) is 0 Å². The Morgan fingerprint density at radius 3 is 1.89 bits per heavy atom. The number of carbonyl (C=O) groups is 1. The minimum atomic E-state index is -0.512. The molecule has 0 bridgehead atoms. The van der Waals surface area contributed by atoms with Crippen molar-refractivity contribution in [3.8, 4) is 17.2 Å². The second-order valence-electron chi connectivity index (χ2n) is 5.39. The van der Waals surface area contributed by atoms with E-state index in [0.29, 0.717) is 22.8 Å². The van der Waals surface area contributed by atoms with Crippen LogP contribution < -0.4 is 14.2 Å². The number of Topliss-reactive ketones (excluding diaryl/α,β-unsaturated/α-hetero) is 1. The van der Waals surface area contributed by atoms with Gasteiger partial charge in [-0.2, -0.15) is 0 Å². The lowest BCUT2D eigenvalue weighted by molar-refractivity contribution is 0.0851. The van der Waals surface area contributed by atoms with Crippen molar-refractivity contribution in [2.24, 2.45) is 5.41 Å². The van der Waals surface area contributed by atoms with Gasteiger partial charge in [0.05, 0.1) is 21.3 Å². The van der Waals surface area contributed by atoms with Gasteiger partial charge < -0.3 is 14.2 Å². The number of hydrogen-bond donors (Lipinski definition) is 0. The first-order valence-electron chi connectivity index (χ1n) is 6.12. The summed E-state index contributed by atoms with van der Waals surface area (Å²) < 4.78 is 16.0. The number of ether oxygens (including phenoxy) is 3. The zero-order valence-electron chi connectivity index (χ0n) is 12.7. The van der Waals surface area contributed by atoms with E-state index < -0.39 is 5.41 Å². The normalized spacial score (nSPS) is 11.1. The Kier molecular flexibility index (Phi) is 4.45. The molecule has 0 saturated heterocycles. The van der Waals surface area contributed by atoms with E-state index in [1.165, 1.54) is 7.11 Å². The van der Waals surface area contributed by atoms with Gasteiger partial charge in [-0.25, -0.2) is 0 Å². The first-order valence-corrected chi connectivity index (χ1v) is 6.12. The first-order chi connectivity index (χ1) is 8.77. The minimum absolute atomic E-state index is 0.0213. The second-order valence-corrected chi connectivity index (χ2v) is 5.39.